The van der Waals surface area contributed by atoms with Crippen LogP contribution < -0.4 is 10.2 Å². The van der Waals surface area contributed by atoms with Gasteiger partial charge in [-0.05, 0) is 6.92 Å². The summed E-state index contributed by atoms with van der Waals surface area (Å²) < 4.78 is 0. The predicted octanol–water partition coefficient (Wildman–Crippen LogP) is 0.647. The highest BCUT2D eigenvalue weighted by molar-refractivity contribution is 5.62. The summed E-state index contributed by atoms with van der Waals surface area (Å²) >= 11 is 0. The normalized spacial score (nSPS) is 15.3. The van der Waals surface area contributed by atoms with Crippen LogP contribution in [-0.4, -0.2) is 30.1 Å². The number of aryl methyl sites for hydroxylation is 1. The van der Waals surface area contributed by atoms with E-state index in [1.54, 1.807) is 6.20 Å². The third-order valence-corrected chi connectivity index (χ3v) is 1.98. The van der Waals surface area contributed by atoms with Gasteiger partial charge in [0, 0.05) is 20.1 Å². The molecule has 12 heavy (non-hydrogen) atoms. The van der Waals surface area contributed by atoms with Crippen LogP contribution in [-0.2, 0) is 0 Å². The van der Waals surface area contributed by atoms with Crippen molar-refractivity contribution in [3.05, 3.63) is 11.9 Å². The molecule has 4 heteroatoms. The molecule has 0 saturated heterocycles. The molecule has 0 bridgehead atoms. The fourth-order valence-corrected chi connectivity index (χ4v) is 1.30. The lowest BCUT2D eigenvalue weighted by molar-refractivity contribution is 0.843. The summed E-state index contributed by atoms with van der Waals surface area (Å²) in [6.45, 7) is 3.89. The quantitative estimate of drug-likeness (QED) is 0.611. The van der Waals surface area contributed by atoms with E-state index in [4.69, 9.17) is 0 Å². The highest BCUT2D eigenvalue weighted by Crippen LogP contribution is 2.22. The van der Waals surface area contributed by atoms with Crippen LogP contribution in [0.4, 0.5) is 11.6 Å². The van der Waals surface area contributed by atoms with E-state index in [0.29, 0.717) is 0 Å². The lowest BCUT2D eigenvalue weighted by Gasteiger charge is -2.26. The summed E-state index contributed by atoms with van der Waals surface area (Å²) in [5.41, 5.74) is 0.962. The zero-order valence-electron chi connectivity index (χ0n) is 7.33. The van der Waals surface area contributed by atoms with Gasteiger partial charge < -0.3 is 10.2 Å². The van der Waals surface area contributed by atoms with E-state index >= 15 is 0 Å². The average molecular weight is 164 g/mol. The van der Waals surface area contributed by atoms with E-state index in [-0.39, 0.29) is 0 Å². The first-order valence-electron chi connectivity index (χ1n) is 4.06. The molecule has 2 rings (SSSR count). The van der Waals surface area contributed by atoms with Crippen LogP contribution in [0.5, 0.6) is 0 Å². The van der Waals surface area contributed by atoms with Crippen molar-refractivity contribution in [2.75, 3.05) is 30.4 Å². The van der Waals surface area contributed by atoms with Crippen molar-refractivity contribution in [3.63, 3.8) is 0 Å². The van der Waals surface area contributed by atoms with Crippen molar-refractivity contribution in [3.8, 4) is 0 Å². The van der Waals surface area contributed by atoms with Gasteiger partial charge in [-0.15, -0.1) is 0 Å². The molecule has 1 aromatic heterocycles. The maximum atomic E-state index is 4.40. The van der Waals surface area contributed by atoms with Gasteiger partial charge in [-0.2, -0.15) is 0 Å². The molecule has 0 aromatic carbocycles. The third-order valence-electron chi connectivity index (χ3n) is 1.98. The molecule has 0 radical (unpaired) electrons. The molecule has 1 aliphatic heterocycles. The van der Waals surface area contributed by atoms with Crippen molar-refractivity contribution in [1.82, 2.24) is 9.97 Å². The Morgan fingerprint density at radius 1 is 1.58 bits per heavy atom. The van der Waals surface area contributed by atoms with Crippen molar-refractivity contribution >= 4 is 11.6 Å². The lowest BCUT2D eigenvalue weighted by Crippen LogP contribution is -2.31. The Bertz CT molecular complexity index is 297. The first-order chi connectivity index (χ1) is 5.77. The standard InChI is InChI=1S/C8H12N4/c1-6-5-10-7-8(11-6)12(2)4-3-9-7/h5H,3-4H2,1-2H3,(H,9,10). The summed E-state index contributed by atoms with van der Waals surface area (Å²) in [7, 11) is 2.04. The van der Waals surface area contributed by atoms with Crippen LogP contribution in [0.1, 0.15) is 5.69 Å². The number of nitrogens with one attached hydrogen (secondary N) is 1. The molecule has 1 N–H and O–H groups in total. The van der Waals surface area contributed by atoms with Crippen molar-refractivity contribution in [1.29, 1.82) is 0 Å². The molecule has 1 aliphatic rings. The maximum Gasteiger partial charge on any atom is 0.171 e. The van der Waals surface area contributed by atoms with E-state index < -0.39 is 0 Å². The van der Waals surface area contributed by atoms with Crippen molar-refractivity contribution < 1.29 is 0 Å². The Morgan fingerprint density at radius 2 is 2.42 bits per heavy atom. The van der Waals surface area contributed by atoms with Gasteiger partial charge in [0.15, 0.2) is 11.6 Å². The van der Waals surface area contributed by atoms with Gasteiger partial charge >= 0.3 is 0 Å². The monoisotopic (exact) mass is 164 g/mol. The molecule has 4 nitrogen and oxygen atoms in total. The Morgan fingerprint density at radius 3 is 3.25 bits per heavy atom. The van der Waals surface area contributed by atoms with E-state index in [0.717, 1.165) is 30.4 Å². The van der Waals surface area contributed by atoms with E-state index in [2.05, 4.69) is 20.2 Å². The van der Waals surface area contributed by atoms with Crippen molar-refractivity contribution in [2.24, 2.45) is 0 Å². The molecular weight excluding hydrogens is 152 g/mol. The largest absolute Gasteiger partial charge is 0.365 e. The summed E-state index contributed by atoms with van der Waals surface area (Å²) in [5, 5.41) is 3.20. The second-order valence-corrected chi connectivity index (χ2v) is 3.03. The molecule has 0 atom stereocenters. The summed E-state index contributed by atoms with van der Waals surface area (Å²) in [4.78, 5) is 10.8. The Balaban J connectivity index is 2.47. The number of hydrogen-bond acceptors (Lipinski definition) is 4. The van der Waals surface area contributed by atoms with Crippen LogP contribution in [0.2, 0.25) is 0 Å². The van der Waals surface area contributed by atoms with Gasteiger partial charge in [0.05, 0.1) is 11.9 Å². The first kappa shape index (κ1) is 7.34. The SMILES string of the molecule is Cc1cnc2c(n1)N(C)CCN2. The van der Waals surface area contributed by atoms with Crippen LogP contribution in [0.15, 0.2) is 6.20 Å². The van der Waals surface area contributed by atoms with Crippen molar-refractivity contribution in [2.45, 2.75) is 6.92 Å². The first-order valence-corrected chi connectivity index (χ1v) is 4.06. The summed E-state index contributed by atoms with van der Waals surface area (Å²) in [5.74, 6) is 1.86. The maximum absolute atomic E-state index is 4.40. The number of anilines is 2. The van der Waals surface area contributed by atoms with Gasteiger partial charge in [-0.1, -0.05) is 0 Å². The second kappa shape index (κ2) is 2.62. The number of likely N-dealkylation sites (N-methyl/N-ethyl adjacent to an activating group) is 1. The Kier molecular flexibility index (Phi) is 1.60. The minimum Gasteiger partial charge on any atom is -0.365 e. The molecule has 1 aromatic rings. The van der Waals surface area contributed by atoms with Gasteiger partial charge in [-0.25, -0.2) is 9.97 Å². The average Bonchev–Trinajstić information content (AvgIpc) is 2.07. The Hall–Kier alpha value is -1.32. The zero-order valence-corrected chi connectivity index (χ0v) is 7.33. The predicted molar refractivity (Wildman–Crippen MR) is 48.5 cm³/mol. The number of rotatable bonds is 0. The molecular formula is C8H12N4. The smallest absolute Gasteiger partial charge is 0.171 e. The minimum absolute atomic E-state index is 0.898. The van der Waals surface area contributed by atoms with Crippen LogP contribution >= 0.6 is 0 Å². The van der Waals surface area contributed by atoms with Gasteiger partial charge in [0.1, 0.15) is 0 Å². The number of aromatic nitrogens is 2. The molecule has 0 unspecified atom stereocenters. The van der Waals surface area contributed by atoms with Gasteiger partial charge in [0.2, 0.25) is 0 Å². The fourth-order valence-electron chi connectivity index (χ4n) is 1.30. The topological polar surface area (TPSA) is 41.1 Å². The minimum atomic E-state index is 0.898. The highest BCUT2D eigenvalue weighted by atomic mass is 15.2. The van der Waals surface area contributed by atoms with E-state index in [9.17, 15) is 0 Å². The fraction of sp³-hybridized carbons (Fsp3) is 0.500. The number of hydrogen-bond donors (Lipinski definition) is 1. The Labute approximate surface area is 71.6 Å². The number of fused-ring (bicyclic) bond motifs is 1. The van der Waals surface area contributed by atoms with E-state index in [1.807, 2.05) is 14.0 Å². The molecule has 0 aliphatic carbocycles. The van der Waals surface area contributed by atoms with Crippen LogP contribution in [0.3, 0.4) is 0 Å². The second-order valence-electron chi connectivity index (χ2n) is 3.03. The molecule has 64 valence electrons. The molecule has 0 amide bonds. The summed E-state index contributed by atoms with van der Waals surface area (Å²) in [6.07, 6.45) is 1.78. The zero-order chi connectivity index (χ0) is 8.55. The van der Waals surface area contributed by atoms with Crippen LogP contribution in [0.25, 0.3) is 0 Å². The van der Waals surface area contributed by atoms with Crippen LogP contribution in [0, 0.1) is 6.92 Å². The highest BCUT2D eigenvalue weighted by Gasteiger charge is 2.14. The van der Waals surface area contributed by atoms with E-state index in [1.165, 1.54) is 0 Å². The third kappa shape index (κ3) is 1.09. The van der Waals surface area contributed by atoms with Gasteiger partial charge in [-0.3, -0.25) is 0 Å². The number of nitrogens with zero attached hydrogens (tertiary/aromatic N) is 3. The van der Waals surface area contributed by atoms with Gasteiger partial charge in [0.25, 0.3) is 0 Å². The lowest BCUT2D eigenvalue weighted by atomic mass is 10.4. The molecule has 0 saturated carbocycles. The summed E-state index contributed by atoms with van der Waals surface area (Å²) in [6, 6.07) is 0. The molecule has 0 fully saturated rings. The molecule has 2 heterocycles. The molecule has 0 spiro atoms.